The van der Waals surface area contributed by atoms with Gasteiger partial charge in [-0.2, -0.15) is 11.8 Å². The average molecular weight is 644 g/mol. The molecular formula is C38H77NO4S. The Kier molecular flexibility index (Phi) is 31.1. The summed E-state index contributed by atoms with van der Waals surface area (Å²) in [5, 5.41) is 31.6. The highest BCUT2D eigenvalue weighted by Crippen LogP contribution is 2.27. The van der Waals surface area contributed by atoms with Gasteiger partial charge in [0.1, 0.15) is 6.04 Å². The van der Waals surface area contributed by atoms with Crippen molar-refractivity contribution >= 4 is 17.7 Å². The van der Waals surface area contributed by atoms with Crippen LogP contribution in [0.3, 0.4) is 0 Å². The lowest BCUT2D eigenvalue weighted by atomic mass is 9.99. The van der Waals surface area contributed by atoms with Gasteiger partial charge in [0, 0.05) is 17.0 Å². The van der Waals surface area contributed by atoms with Gasteiger partial charge in [-0.15, -0.1) is 0 Å². The molecule has 0 aliphatic carbocycles. The Labute approximate surface area is 279 Å². The van der Waals surface area contributed by atoms with Crippen LogP contribution < -0.4 is 0 Å². The number of unbranched alkanes of at least 4 members (excludes halogenated alkanes) is 20. The number of rotatable bonds is 34. The predicted octanol–water partition coefficient (Wildman–Crippen LogP) is 10.8. The third kappa shape index (κ3) is 24.0. The van der Waals surface area contributed by atoms with Crippen LogP contribution in [0.25, 0.3) is 0 Å². The van der Waals surface area contributed by atoms with Crippen molar-refractivity contribution in [2.45, 2.75) is 225 Å². The summed E-state index contributed by atoms with van der Waals surface area (Å²) >= 11 is 1.62. The maximum Gasteiger partial charge on any atom is 0.321 e. The molecule has 6 heteroatoms. The van der Waals surface area contributed by atoms with Crippen molar-refractivity contribution in [2.75, 3.05) is 12.3 Å². The molecule has 0 aliphatic rings. The summed E-state index contributed by atoms with van der Waals surface area (Å²) in [6, 6.07) is -0.794. The van der Waals surface area contributed by atoms with E-state index in [1.54, 1.807) is 11.8 Å². The molecule has 44 heavy (non-hydrogen) atoms. The van der Waals surface area contributed by atoms with Gasteiger partial charge in [-0.25, -0.2) is 0 Å². The molecule has 0 fully saturated rings. The van der Waals surface area contributed by atoms with Crippen molar-refractivity contribution in [3.63, 3.8) is 0 Å². The normalized spacial score (nSPS) is 15.4. The van der Waals surface area contributed by atoms with E-state index >= 15 is 0 Å². The molecule has 0 bridgehead atoms. The van der Waals surface area contributed by atoms with Crippen molar-refractivity contribution in [1.82, 2.24) is 4.90 Å². The first-order chi connectivity index (χ1) is 21.3. The van der Waals surface area contributed by atoms with E-state index in [4.69, 9.17) is 0 Å². The number of thioether (sulfide) groups is 1. The van der Waals surface area contributed by atoms with Gasteiger partial charge in [0.25, 0.3) is 0 Å². The lowest BCUT2D eigenvalue weighted by molar-refractivity contribution is -0.144. The minimum Gasteiger partial charge on any atom is -0.480 e. The van der Waals surface area contributed by atoms with E-state index in [0.29, 0.717) is 12.3 Å². The summed E-state index contributed by atoms with van der Waals surface area (Å²) < 4.78 is 0. The minimum absolute atomic E-state index is 0.0514. The van der Waals surface area contributed by atoms with E-state index in [1.165, 1.54) is 122 Å². The monoisotopic (exact) mass is 644 g/mol. The molecule has 5 nitrogen and oxygen atoms in total. The lowest BCUT2D eigenvalue weighted by Gasteiger charge is -2.38. The Morgan fingerprint density at radius 2 is 0.955 bits per heavy atom. The average Bonchev–Trinajstić information content (AvgIpc) is 2.98. The zero-order valence-corrected chi connectivity index (χ0v) is 30.9. The van der Waals surface area contributed by atoms with E-state index in [-0.39, 0.29) is 11.3 Å². The van der Waals surface area contributed by atoms with Crippen LogP contribution in [0.2, 0.25) is 0 Å². The van der Waals surface area contributed by atoms with Crippen LogP contribution in [-0.4, -0.2) is 68.0 Å². The molecule has 5 atom stereocenters. The number of aliphatic hydroxyl groups excluding tert-OH is 2. The van der Waals surface area contributed by atoms with Crippen molar-refractivity contribution in [3.8, 4) is 0 Å². The number of carboxylic acid groups (broad SMARTS) is 1. The summed E-state index contributed by atoms with van der Waals surface area (Å²) in [5.74, 6) is -0.362. The molecule has 0 saturated carbocycles. The highest BCUT2D eigenvalue weighted by molar-refractivity contribution is 8.00. The van der Waals surface area contributed by atoms with Gasteiger partial charge in [0.05, 0.1) is 12.2 Å². The number of nitrogens with zero attached hydrogens (tertiary/aromatic N) is 1. The van der Waals surface area contributed by atoms with E-state index in [0.717, 1.165) is 38.5 Å². The Hall–Kier alpha value is -0.300. The smallest absolute Gasteiger partial charge is 0.321 e. The van der Waals surface area contributed by atoms with Crippen molar-refractivity contribution < 1.29 is 20.1 Å². The third-order valence-electron chi connectivity index (χ3n) is 9.35. The lowest BCUT2D eigenvalue weighted by Crippen LogP contribution is -2.53. The fourth-order valence-corrected chi connectivity index (χ4v) is 7.89. The zero-order chi connectivity index (χ0) is 32.8. The minimum atomic E-state index is -0.811. The Morgan fingerprint density at radius 3 is 1.30 bits per heavy atom. The van der Waals surface area contributed by atoms with Gasteiger partial charge in [-0.1, -0.05) is 162 Å². The molecule has 0 amide bonds. The van der Waals surface area contributed by atoms with Gasteiger partial charge in [0.15, 0.2) is 0 Å². The topological polar surface area (TPSA) is 81.0 Å². The summed E-state index contributed by atoms with van der Waals surface area (Å²) in [5.41, 5.74) is 0. The van der Waals surface area contributed by atoms with Crippen LogP contribution in [0.5, 0.6) is 0 Å². The van der Waals surface area contributed by atoms with Gasteiger partial charge >= 0.3 is 5.97 Å². The quantitative estimate of drug-likeness (QED) is 0.0605. The molecular weight excluding hydrogens is 566 g/mol. The molecule has 264 valence electrons. The van der Waals surface area contributed by atoms with Crippen LogP contribution in [0.1, 0.15) is 195 Å². The molecule has 0 aliphatic heterocycles. The number of hydrogen-bond donors (Lipinski definition) is 3. The van der Waals surface area contributed by atoms with Crippen LogP contribution in [0, 0.1) is 0 Å². The molecule has 0 radical (unpaired) electrons. The zero-order valence-electron chi connectivity index (χ0n) is 30.1. The van der Waals surface area contributed by atoms with Crippen LogP contribution in [-0.2, 0) is 4.79 Å². The molecule has 3 N–H and O–H groups in total. The molecule has 0 spiro atoms. The number of aliphatic carboxylic acids is 1. The van der Waals surface area contributed by atoms with E-state index < -0.39 is 24.2 Å². The first-order valence-electron chi connectivity index (χ1n) is 19.3. The van der Waals surface area contributed by atoms with Gasteiger partial charge < -0.3 is 15.3 Å². The maximum absolute atomic E-state index is 12.5. The Bertz CT molecular complexity index is 618. The second kappa shape index (κ2) is 31.3. The highest BCUT2D eigenvalue weighted by atomic mass is 32.2. The molecule has 0 aromatic carbocycles. The number of aliphatic hydroxyl groups is 2. The van der Waals surface area contributed by atoms with Crippen LogP contribution in [0.15, 0.2) is 0 Å². The van der Waals surface area contributed by atoms with Gasteiger partial charge in [0.2, 0.25) is 0 Å². The summed E-state index contributed by atoms with van der Waals surface area (Å²) in [6.45, 7) is 11.0. The fraction of sp³-hybridized carbons (Fsp3) is 0.974. The van der Waals surface area contributed by atoms with E-state index in [9.17, 15) is 20.1 Å². The molecule has 0 aromatic heterocycles. The largest absolute Gasteiger partial charge is 0.480 e. The number of hydrogen-bond acceptors (Lipinski definition) is 5. The van der Waals surface area contributed by atoms with Crippen molar-refractivity contribution in [1.29, 1.82) is 0 Å². The molecule has 0 aromatic rings. The van der Waals surface area contributed by atoms with E-state index in [2.05, 4.69) is 25.7 Å². The Balaban J connectivity index is 4.65. The Morgan fingerprint density at radius 1 is 0.568 bits per heavy atom. The van der Waals surface area contributed by atoms with Gasteiger partial charge in [-0.05, 0) is 39.7 Å². The van der Waals surface area contributed by atoms with Crippen LogP contribution >= 0.6 is 11.8 Å². The molecule has 0 rings (SSSR count). The van der Waals surface area contributed by atoms with Crippen molar-refractivity contribution in [2.24, 2.45) is 0 Å². The molecule has 0 saturated heterocycles. The first kappa shape index (κ1) is 43.7. The third-order valence-corrected chi connectivity index (χ3v) is 10.9. The summed E-state index contributed by atoms with van der Waals surface area (Å²) in [4.78, 5) is 14.6. The van der Waals surface area contributed by atoms with Crippen molar-refractivity contribution in [3.05, 3.63) is 0 Å². The molecule has 4 unspecified atom stereocenters. The number of carbonyl (C=O) groups is 1. The fourth-order valence-electron chi connectivity index (χ4n) is 6.51. The van der Waals surface area contributed by atoms with Gasteiger partial charge in [-0.3, -0.25) is 9.69 Å². The molecule has 0 heterocycles. The SMILES string of the molecule is CCCCCCCCCCCCCC(SC[C@@H](C(=O)O)N(CCC)C(CCCCCCCCCCCCC)C(C)O)C(C)O. The standard InChI is InChI=1S/C38H77NO4S/c1-6-9-11-13-15-17-19-21-23-25-27-29-35(33(4)40)39(31-8-3)36(38(42)43)32-44-37(34(5)41)30-28-26-24-22-20-18-16-14-12-10-7-2/h33-37,40-41H,6-32H2,1-5H3,(H,42,43)/t33?,34?,35?,36-,37?/m0/s1. The van der Waals surface area contributed by atoms with E-state index in [1.807, 2.05) is 13.8 Å². The first-order valence-corrected chi connectivity index (χ1v) is 20.3. The summed E-state index contributed by atoms with van der Waals surface area (Å²) in [7, 11) is 0. The highest BCUT2D eigenvalue weighted by Gasteiger charge is 2.34. The predicted molar refractivity (Wildman–Crippen MR) is 194 cm³/mol. The second-order valence-corrected chi connectivity index (χ2v) is 14.9. The maximum atomic E-state index is 12.5. The summed E-state index contributed by atoms with van der Waals surface area (Å²) in [6.07, 6.45) is 30.0. The number of carboxylic acids is 1. The van der Waals surface area contributed by atoms with Crippen LogP contribution in [0.4, 0.5) is 0 Å². The second-order valence-electron chi connectivity index (χ2n) is 13.7.